The predicted octanol–water partition coefficient (Wildman–Crippen LogP) is 8.68. The van der Waals surface area contributed by atoms with Crippen molar-refractivity contribution in [2.24, 2.45) is 0 Å². The molecule has 0 radical (unpaired) electrons. The molecule has 18 heteroatoms. The predicted molar refractivity (Wildman–Crippen MR) is 236 cm³/mol. The summed E-state index contributed by atoms with van der Waals surface area (Å²) < 4.78 is 49.8. The first-order valence-corrected chi connectivity index (χ1v) is 20.5. The molecule has 4 aromatic carbocycles. The maximum atomic E-state index is 11.7. The Bertz CT molecular complexity index is 2680. The molecule has 3 aromatic heterocycles. The standard InChI is InChI=1S/C48H42N6O12/c1-4-40(55)62-23-11-21-60-38-17-8-14-32(29-38)44-50-47(65-53-44)35-25-34(46-49-43(52-64-46)31-13-7-16-37(28-31)59-20-10-19-42(57)58-6-3)26-36(27-35)48-51-45(54-66-48)33-15-9-18-39(30-33)61-22-12-24-63-41(56)5-2/h4-9,13-18,25-30H,1-3,10-12,19-24H2. The monoisotopic (exact) mass is 894 g/mol. The first-order chi connectivity index (χ1) is 32.3. The third kappa shape index (κ3) is 12.5. The van der Waals surface area contributed by atoms with Crippen LogP contribution in [0, 0.1) is 0 Å². The molecular weight excluding hydrogens is 853 g/mol. The number of benzene rings is 4. The van der Waals surface area contributed by atoms with Crippen molar-refractivity contribution in [3.05, 3.63) is 129 Å². The van der Waals surface area contributed by atoms with E-state index in [2.05, 4.69) is 35.2 Å². The van der Waals surface area contributed by atoms with E-state index >= 15 is 0 Å². The maximum absolute atomic E-state index is 11.7. The van der Waals surface area contributed by atoms with Crippen LogP contribution in [-0.2, 0) is 28.6 Å². The number of rotatable bonds is 24. The fourth-order valence-electron chi connectivity index (χ4n) is 6.07. The van der Waals surface area contributed by atoms with Crippen LogP contribution in [0.4, 0.5) is 0 Å². The quantitative estimate of drug-likeness (QED) is 0.0182. The molecule has 7 rings (SSSR count). The summed E-state index contributed by atoms with van der Waals surface area (Å²) in [6.45, 7) is 11.4. The van der Waals surface area contributed by atoms with Crippen molar-refractivity contribution >= 4 is 17.9 Å². The molecule has 0 fully saturated rings. The average molecular weight is 895 g/mol. The summed E-state index contributed by atoms with van der Waals surface area (Å²) in [6, 6.07) is 26.8. The van der Waals surface area contributed by atoms with E-state index in [1.807, 2.05) is 18.2 Å². The molecule has 0 saturated heterocycles. The second-order valence-corrected chi connectivity index (χ2v) is 13.9. The highest BCUT2D eigenvalue weighted by molar-refractivity contribution is 5.81. The normalized spacial score (nSPS) is 10.7. The summed E-state index contributed by atoms with van der Waals surface area (Å²) >= 11 is 0. The van der Waals surface area contributed by atoms with Crippen LogP contribution in [-0.4, -0.2) is 81.4 Å². The second-order valence-electron chi connectivity index (χ2n) is 13.9. The zero-order chi connectivity index (χ0) is 46.1. The van der Waals surface area contributed by atoms with Crippen LogP contribution >= 0.6 is 0 Å². The van der Waals surface area contributed by atoms with Crippen LogP contribution in [0.2, 0.25) is 0 Å². The van der Waals surface area contributed by atoms with Crippen LogP contribution in [0.15, 0.2) is 143 Å². The Morgan fingerprint density at radius 1 is 0.485 bits per heavy atom. The van der Waals surface area contributed by atoms with Gasteiger partial charge in [0.2, 0.25) is 17.5 Å². The minimum absolute atomic E-state index is 0.160. The van der Waals surface area contributed by atoms with Crippen molar-refractivity contribution in [1.29, 1.82) is 0 Å². The van der Waals surface area contributed by atoms with Gasteiger partial charge in [-0.1, -0.05) is 71.6 Å². The summed E-state index contributed by atoms with van der Waals surface area (Å²) in [6.07, 6.45) is 4.90. The molecule has 18 nitrogen and oxygen atoms in total. The van der Waals surface area contributed by atoms with E-state index in [1.165, 1.54) is 0 Å². The molecular formula is C48H42N6O12. The van der Waals surface area contributed by atoms with Gasteiger partial charge in [-0.15, -0.1) is 0 Å². The summed E-state index contributed by atoms with van der Waals surface area (Å²) in [7, 11) is 0. The Kier molecular flexibility index (Phi) is 15.5. The van der Waals surface area contributed by atoms with Gasteiger partial charge < -0.3 is 42.0 Å². The highest BCUT2D eigenvalue weighted by Crippen LogP contribution is 2.35. The summed E-state index contributed by atoms with van der Waals surface area (Å²) in [5.41, 5.74) is 3.31. The number of hydrogen-bond acceptors (Lipinski definition) is 18. The average Bonchev–Trinajstić information content (AvgIpc) is 4.16. The lowest BCUT2D eigenvalue weighted by Gasteiger charge is -2.07. The van der Waals surface area contributed by atoms with Crippen LogP contribution in [0.5, 0.6) is 17.2 Å². The van der Waals surface area contributed by atoms with Crippen LogP contribution in [0.25, 0.3) is 68.5 Å². The van der Waals surface area contributed by atoms with Gasteiger partial charge in [0.25, 0.3) is 17.7 Å². The number of carbonyl (C=O) groups is 3. The lowest BCUT2D eigenvalue weighted by atomic mass is 10.0. The molecule has 0 saturated carbocycles. The van der Waals surface area contributed by atoms with Crippen molar-refractivity contribution in [1.82, 2.24) is 30.4 Å². The molecule has 0 aliphatic carbocycles. The highest BCUT2D eigenvalue weighted by atomic mass is 16.5. The Labute approximate surface area is 377 Å². The van der Waals surface area contributed by atoms with E-state index < -0.39 is 17.9 Å². The number of carbonyl (C=O) groups excluding carboxylic acids is 3. The van der Waals surface area contributed by atoms with Crippen LogP contribution < -0.4 is 14.2 Å². The zero-order valence-corrected chi connectivity index (χ0v) is 35.5. The van der Waals surface area contributed by atoms with Crippen LogP contribution in [0.3, 0.4) is 0 Å². The van der Waals surface area contributed by atoms with Crippen molar-refractivity contribution in [2.45, 2.75) is 25.7 Å². The van der Waals surface area contributed by atoms with Gasteiger partial charge in [0.1, 0.15) is 17.2 Å². The van der Waals surface area contributed by atoms with Gasteiger partial charge in [0, 0.05) is 64.8 Å². The Morgan fingerprint density at radius 3 is 1.23 bits per heavy atom. The molecule has 0 N–H and O–H groups in total. The minimum atomic E-state index is -0.495. The lowest BCUT2D eigenvalue weighted by Crippen LogP contribution is -2.06. The molecule has 0 aliphatic heterocycles. The molecule has 336 valence electrons. The van der Waals surface area contributed by atoms with E-state index in [0.717, 1.165) is 18.4 Å². The zero-order valence-electron chi connectivity index (χ0n) is 35.5. The molecule has 66 heavy (non-hydrogen) atoms. The van der Waals surface area contributed by atoms with Gasteiger partial charge in [0.15, 0.2) is 0 Å². The van der Waals surface area contributed by atoms with Crippen molar-refractivity contribution in [2.75, 3.05) is 33.0 Å². The number of esters is 3. The van der Waals surface area contributed by atoms with Gasteiger partial charge in [-0.2, -0.15) is 15.0 Å². The summed E-state index contributed by atoms with van der Waals surface area (Å²) in [4.78, 5) is 48.4. The van der Waals surface area contributed by atoms with Crippen molar-refractivity contribution < 1.29 is 56.4 Å². The van der Waals surface area contributed by atoms with Gasteiger partial charge in [-0.05, 0) is 61.0 Å². The van der Waals surface area contributed by atoms with Gasteiger partial charge in [-0.25, -0.2) is 9.59 Å². The van der Waals surface area contributed by atoms with E-state index in [-0.39, 0.29) is 49.7 Å². The van der Waals surface area contributed by atoms with Gasteiger partial charge in [0.05, 0.1) is 39.3 Å². The fraction of sp³-hybridized carbons (Fsp3) is 0.188. The maximum Gasteiger partial charge on any atom is 0.330 e. The fourth-order valence-corrected chi connectivity index (χ4v) is 6.07. The Morgan fingerprint density at radius 2 is 0.864 bits per heavy atom. The van der Waals surface area contributed by atoms with Gasteiger partial charge in [-0.3, -0.25) is 4.79 Å². The third-order valence-electron chi connectivity index (χ3n) is 9.17. The Hall–Kier alpha value is -8.67. The lowest BCUT2D eigenvalue weighted by molar-refractivity contribution is -0.139. The van der Waals surface area contributed by atoms with E-state index in [1.54, 1.807) is 72.8 Å². The molecule has 7 aromatic rings. The molecule has 0 bridgehead atoms. The molecule has 0 amide bonds. The van der Waals surface area contributed by atoms with Crippen LogP contribution in [0.1, 0.15) is 25.7 Å². The smallest absolute Gasteiger partial charge is 0.330 e. The summed E-state index contributed by atoms with van der Waals surface area (Å²) in [5, 5.41) is 12.7. The largest absolute Gasteiger partial charge is 0.494 e. The molecule has 0 aliphatic rings. The third-order valence-corrected chi connectivity index (χ3v) is 9.17. The molecule has 0 unspecified atom stereocenters. The van der Waals surface area contributed by atoms with E-state index in [9.17, 15) is 14.4 Å². The molecule has 0 atom stereocenters. The molecule has 3 heterocycles. The Balaban J connectivity index is 1.13. The van der Waals surface area contributed by atoms with Crippen molar-refractivity contribution in [3.8, 4) is 85.8 Å². The molecule has 0 spiro atoms. The first kappa shape index (κ1) is 45.4. The number of nitrogens with zero attached hydrogens (tertiary/aromatic N) is 6. The first-order valence-electron chi connectivity index (χ1n) is 20.5. The number of ether oxygens (including phenoxy) is 6. The summed E-state index contributed by atoms with van der Waals surface area (Å²) in [5.74, 6) is 1.64. The SMILES string of the molecule is C=COC(=O)CCCOc1cccc(-c2noc(-c3cc(-c4nc(-c5cccc(OCCCOC(=O)C=C)c5)no4)cc(-c4nc(-c5cccc(OCCCOC(=O)C=C)c5)no4)c3)n2)c1. The highest BCUT2D eigenvalue weighted by Gasteiger charge is 2.21. The van der Waals surface area contributed by atoms with Crippen molar-refractivity contribution in [3.63, 3.8) is 0 Å². The van der Waals surface area contributed by atoms with E-state index in [0.29, 0.717) is 94.8 Å². The number of aromatic nitrogens is 6. The minimum Gasteiger partial charge on any atom is -0.494 e. The van der Waals surface area contributed by atoms with Gasteiger partial charge >= 0.3 is 17.9 Å². The topological polar surface area (TPSA) is 223 Å². The number of hydrogen-bond donors (Lipinski definition) is 0. The second kappa shape index (κ2) is 22.6. The van der Waals surface area contributed by atoms with E-state index in [4.69, 9.17) is 56.9 Å².